The molecule has 4 rings (SSSR count). The molecule has 0 unspecified atom stereocenters. The standard InChI is InChI=1S/C18H16N6OS/c1-25-14-5-3-12(4-6-14)9-16-22-23-17-10-13(11-20-24(16)17)15-7-8-19-18(21-15)26-2/h3-8,10-11H,9H2,1-2H3. The van der Waals surface area contributed by atoms with Gasteiger partial charge in [-0.3, -0.25) is 0 Å². The van der Waals surface area contributed by atoms with Crippen molar-refractivity contribution < 1.29 is 4.74 Å². The van der Waals surface area contributed by atoms with Crippen LogP contribution in [0.25, 0.3) is 16.9 Å². The summed E-state index contributed by atoms with van der Waals surface area (Å²) in [6.07, 6.45) is 6.11. The first kappa shape index (κ1) is 16.5. The fraction of sp³-hybridized carbons (Fsp3) is 0.167. The average Bonchev–Trinajstić information content (AvgIpc) is 3.10. The molecule has 3 aromatic heterocycles. The maximum Gasteiger partial charge on any atom is 0.187 e. The van der Waals surface area contributed by atoms with Crippen LogP contribution < -0.4 is 4.74 Å². The van der Waals surface area contributed by atoms with E-state index in [1.807, 2.05) is 42.7 Å². The predicted octanol–water partition coefficient (Wildman–Crippen LogP) is 2.90. The van der Waals surface area contributed by atoms with Crippen molar-refractivity contribution in [1.82, 2.24) is 29.8 Å². The number of aromatic nitrogens is 6. The number of methoxy groups -OCH3 is 1. The van der Waals surface area contributed by atoms with Gasteiger partial charge >= 0.3 is 0 Å². The lowest BCUT2D eigenvalue weighted by molar-refractivity contribution is 0.414. The van der Waals surface area contributed by atoms with Crippen LogP contribution in [0.4, 0.5) is 0 Å². The van der Waals surface area contributed by atoms with Gasteiger partial charge < -0.3 is 4.74 Å². The number of benzene rings is 1. The van der Waals surface area contributed by atoms with Crippen LogP contribution in [0.3, 0.4) is 0 Å². The summed E-state index contributed by atoms with van der Waals surface area (Å²) in [6, 6.07) is 11.7. The highest BCUT2D eigenvalue weighted by Crippen LogP contribution is 2.20. The molecule has 0 saturated heterocycles. The van der Waals surface area contributed by atoms with Crippen molar-refractivity contribution >= 4 is 17.4 Å². The number of hydrogen-bond acceptors (Lipinski definition) is 7. The van der Waals surface area contributed by atoms with E-state index in [0.717, 1.165) is 33.6 Å². The molecule has 130 valence electrons. The van der Waals surface area contributed by atoms with Crippen molar-refractivity contribution in [3.63, 3.8) is 0 Å². The molecule has 0 radical (unpaired) electrons. The van der Waals surface area contributed by atoms with E-state index < -0.39 is 0 Å². The lowest BCUT2D eigenvalue weighted by Crippen LogP contribution is -2.00. The number of nitrogens with zero attached hydrogens (tertiary/aromatic N) is 6. The van der Waals surface area contributed by atoms with Gasteiger partial charge in [-0.25, -0.2) is 9.97 Å². The largest absolute Gasteiger partial charge is 0.497 e. The molecular weight excluding hydrogens is 348 g/mol. The summed E-state index contributed by atoms with van der Waals surface area (Å²) in [6.45, 7) is 0. The van der Waals surface area contributed by atoms with Crippen LogP contribution in [-0.2, 0) is 6.42 Å². The van der Waals surface area contributed by atoms with Crippen LogP contribution in [0.15, 0.2) is 53.9 Å². The van der Waals surface area contributed by atoms with Gasteiger partial charge in [0, 0.05) is 18.2 Å². The second kappa shape index (κ2) is 7.09. The average molecular weight is 364 g/mol. The van der Waals surface area contributed by atoms with E-state index in [0.29, 0.717) is 12.1 Å². The fourth-order valence-electron chi connectivity index (χ4n) is 2.61. The predicted molar refractivity (Wildman–Crippen MR) is 99.4 cm³/mol. The van der Waals surface area contributed by atoms with Gasteiger partial charge in [0.2, 0.25) is 0 Å². The van der Waals surface area contributed by atoms with E-state index in [1.165, 1.54) is 11.8 Å². The number of ether oxygens (including phenoxy) is 1. The van der Waals surface area contributed by atoms with Crippen LogP contribution in [-0.4, -0.2) is 43.1 Å². The van der Waals surface area contributed by atoms with E-state index in [4.69, 9.17) is 4.74 Å². The minimum Gasteiger partial charge on any atom is -0.497 e. The summed E-state index contributed by atoms with van der Waals surface area (Å²) in [5, 5.41) is 13.8. The van der Waals surface area contributed by atoms with Gasteiger partial charge in [-0.15, -0.1) is 10.2 Å². The van der Waals surface area contributed by atoms with Crippen molar-refractivity contribution in [2.24, 2.45) is 0 Å². The minimum absolute atomic E-state index is 0.641. The van der Waals surface area contributed by atoms with Crippen LogP contribution in [0, 0.1) is 0 Å². The molecule has 0 bridgehead atoms. The zero-order valence-electron chi connectivity index (χ0n) is 14.3. The Labute approximate surface area is 154 Å². The summed E-state index contributed by atoms with van der Waals surface area (Å²) in [7, 11) is 1.66. The maximum atomic E-state index is 5.19. The lowest BCUT2D eigenvalue weighted by atomic mass is 10.1. The Kier molecular flexibility index (Phi) is 4.49. The molecule has 0 aliphatic heterocycles. The second-order valence-corrected chi connectivity index (χ2v) is 6.36. The van der Waals surface area contributed by atoms with Crippen molar-refractivity contribution in [3.8, 4) is 17.0 Å². The molecule has 0 N–H and O–H groups in total. The Balaban J connectivity index is 1.64. The van der Waals surface area contributed by atoms with Crippen molar-refractivity contribution in [1.29, 1.82) is 0 Å². The number of thioether (sulfide) groups is 1. The molecule has 8 heteroatoms. The third kappa shape index (κ3) is 3.23. The van der Waals surface area contributed by atoms with E-state index in [-0.39, 0.29) is 0 Å². The first-order valence-corrected chi connectivity index (χ1v) is 9.20. The van der Waals surface area contributed by atoms with Gasteiger partial charge in [-0.1, -0.05) is 23.9 Å². The van der Waals surface area contributed by atoms with Crippen LogP contribution >= 0.6 is 11.8 Å². The van der Waals surface area contributed by atoms with Gasteiger partial charge in [0.1, 0.15) is 5.75 Å². The van der Waals surface area contributed by atoms with Crippen LogP contribution in [0.2, 0.25) is 0 Å². The Bertz CT molecular complexity index is 1050. The second-order valence-electron chi connectivity index (χ2n) is 5.58. The van der Waals surface area contributed by atoms with E-state index in [2.05, 4.69) is 25.3 Å². The molecule has 0 aliphatic carbocycles. The Hall–Kier alpha value is -3.00. The summed E-state index contributed by atoms with van der Waals surface area (Å²) < 4.78 is 6.94. The number of rotatable bonds is 5. The summed E-state index contributed by atoms with van der Waals surface area (Å²) in [5.41, 5.74) is 3.51. The summed E-state index contributed by atoms with van der Waals surface area (Å²) >= 11 is 1.50. The first-order chi connectivity index (χ1) is 12.8. The summed E-state index contributed by atoms with van der Waals surface area (Å²) in [5.74, 6) is 1.61. The molecule has 3 heterocycles. The van der Waals surface area contributed by atoms with Gasteiger partial charge in [0.15, 0.2) is 16.6 Å². The summed E-state index contributed by atoms with van der Waals surface area (Å²) in [4.78, 5) is 8.70. The zero-order chi connectivity index (χ0) is 17.9. The molecule has 4 aromatic rings. The topological polar surface area (TPSA) is 78.1 Å². The van der Waals surface area contributed by atoms with Crippen molar-refractivity contribution in [2.45, 2.75) is 11.6 Å². The van der Waals surface area contributed by atoms with Gasteiger partial charge in [0.05, 0.1) is 19.0 Å². The Morgan fingerprint density at radius 2 is 1.96 bits per heavy atom. The maximum absolute atomic E-state index is 5.19. The van der Waals surface area contributed by atoms with E-state index in [9.17, 15) is 0 Å². The molecule has 1 aromatic carbocycles. The fourth-order valence-corrected chi connectivity index (χ4v) is 2.97. The van der Waals surface area contributed by atoms with Gasteiger partial charge in [-0.05, 0) is 36.1 Å². The van der Waals surface area contributed by atoms with Crippen LogP contribution in [0.1, 0.15) is 11.4 Å². The van der Waals surface area contributed by atoms with E-state index >= 15 is 0 Å². The molecule has 0 aliphatic rings. The molecule has 0 saturated carbocycles. The monoisotopic (exact) mass is 364 g/mol. The molecular formula is C18H16N6OS. The van der Waals surface area contributed by atoms with Crippen molar-refractivity contribution in [2.75, 3.05) is 13.4 Å². The smallest absolute Gasteiger partial charge is 0.187 e. The third-order valence-corrected chi connectivity index (χ3v) is 4.52. The van der Waals surface area contributed by atoms with Crippen LogP contribution in [0.5, 0.6) is 5.75 Å². The normalized spacial score (nSPS) is 11.0. The van der Waals surface area contributed by atoms with Gasteiger partial charge in [0.25, 0.3) is 0 Å². The number of fused-ring (bicyclic) bond motifs is 1. The number of hydrogen-bond donors (Lipinski definition) is 0. The third-order valence-electron chi connectivity index (χ3n) is 3.96. The quantitative estimate of drug-likeness (QED) is 0.398. The first-order valence-electron chi connectivity index (χ1n) is 7.97. The van der Waals surface area contributed by atoms with E-state index in [1.54, 1.807) is 24.0 Å². The van der Waals surface area contributed by atoms with Crippen molar-refractivity contribution in [3.05, 3.63) is 60.2 Å². The molecule has 0 amide bonds. The zero-order valence-corrected chi connectivity index (χ0v) is 15.1. The highest BCUT2D eigenvalue weighted by molar-refractivity contribution is 7.98. The SMILES string of the molecule is COc1ccc(Cc2nnc3cc(-c4ccnc(SC)n4)cnn23)cc1. The highest BCUT2D eigenvalue weighted by atomic mass is 32.2. The minimum atomic E-state index is 0.641. The molecule has 0 atom stereocenters. The lowest BCUT2D eigenvalue weighted by Gasteiger charge is -2.04. The van der Waals surface area contributed by atoms with Gasteiger partial charge in [-0.2, -0.15) is 9.61 Å². The Morgan fingerprint density at radius 1 is 1.12 bits per heavy atom. The Morgan fingerprint density at radius 3 is 2.73 bits per heavy atom. The molecule has 0 spiro atoms. The molecule has 0 fully saturated rings. The highest BCUT2D eigenvalue weighted by Gasteiger charge is 2.10. The molecule has 26 heavy (non-hydrogen) atoms. The molecule has 7 nitrogen and oxygen atoms in total.